The number of hydrogen-bond acceptors (Lipinski definition) is 4. The molecule has 2 heterocycles. The van der Waals surface area contributed by atoms with Gasteiger partial charge < -0.3 is 15.2 Å². The lowest BCUT2D eigenvalue weighted by Crippen LogP contribution is -2.44. The Hall–Kier alpha value is -2.79. The smallest absolute Gasteiger partial charge is 0.119 e. The molecule has 1 fully saturated rings. The fraction of sp³-hybridized carbons (Fsp3) is 0.348. The zero-order chi connectivity index (χ0) is 19.5. The lowest BCUT2D eigenvalue weighted by atomic mass is 10.0. The van der Waals surface area contributed by atoms with Gasteiger partial charge in [0, 0.05) is 11.6 Å². The van der Waals surface area contributed by atoms with E-state index in [-0.39, 0.29) is 11.9 Å². The Balaban J connectivity index is 1.54. The quantitative estimate of drug-likeness (QED) is 0.689. The summed E-state index contributed by atoms with van der Waals surface area (Å²) in [5, 5.41) is 17.6. The maximum Gasteiger partial charge on any atom is 0.119 e. The van der Waals surface area contributed by atoms with Crippen molar-refractivity contribution < 1.29 is 9.84 Å². The third kappa shape index (κ3) is 3.90. The van der Waals surface area contributed by atoms with Gasteiger partial charge >= 0.3 is 0 Å². The van der Waals surface area contributed by atoms with E-state index >= 15 is 0 Å². The molecule has 2 aromatic carbocycles. The molecule has 0 radical (unpaired) electrons. The number of nitrogens with one attached hydrogen (secondary N) is 1. The third-order valence-corrected chi connectivity index (χ3v) is 5.41. The average molecular weight is 377 g/mol. The van der Waals surface area contributed by atoms with E-state index in [4.69, 9.17) is 4.74 Å². The number of phenolic OH excluding ortho intramolecular Hbond substituents is 1. The lowest BCUT2D eigenvalue weighted by molar-refractivity contribution is 0.152. The number of nitrogens with zero attached hydrogens (tertiary/aromatic N) is 2. The van der Waals surface area contributed by atoms with Gasteiger partial charge in [-0.3, -0.25) is 0 Å². The van der Waals surface area contributed by atoms with E-state index in [2.05, 4.69) is 36.4 Å². The standard InChI is InChI=1S/C23H27N3O2/c1-16-15-25-26(19-8-10-20(27)11-9-19)23(16)18-6-12-21(13-7-18)28-17(2)22-5-3-4-14-24-22/h6-13,15,17,22,24,27H,3-5,14H2,1-2H3. The van der Waals surface area contributed by atoms with Gasteiger partial charge in [-0.2, -0.15) is 5.10 Å². The molecule has 1 aliphatic rings. The van der Waals surface area contributed by atoms with Gasteiger partial charge in [-0.1, -0.05) is 6.42 Å². The second-order valence-electron chi connectivity index (χ2n) is 7.51. The molecular formula is C23H27N3O2. The van der Waals surface area contributed by atoms with E-state index in [9.17, 15) is 5.11 Å². The van der Waals surface area contributed by atoms with Crippen molar-refractivity contribution in [3.63, 3.8) is 0 Å². The topological polar surface area (TPSA) is 59.3 Å². The van der Waals surface area contributed by atoms with Gasteiger partial charge in [0.15, 0.2) is 0 Å². The van der Waals surface area contributed by atoms with Crippen LogP contribution < -0.4 is 10.1 Å². The molecule has 0 bridgehead atoms. The predicted octanol–water partition coefficient (Wildman–Crippen LogP) is 4.46. The Bertz CT molecular complexity index is 910. The number of rotatable bonds is 5. The van der Waals surface area contributed by atoms with Crippen LogP contribution in [0, 0.1) is 6.92 Å². The van der Waals surface area contributed by atoms with Crippen molar-refractivity contribution in [3.05, 3.63) is 60.3 Å². The zero-order valence-electron chi connectivity index (χ0n) is 16.4. The van der Waals surface area contributed by atoms with Crippen LogP contribution in [-0.2, 0) is 0 Å². The van der Waals surface area contributed by atoms with Gasteiger partial charge in [-0.05, 0) is 87.3 Å². The Morgan fingerprint density at radius 1 is 1.11 bits per heavy atom. The molecule has 2 atom stereocenters. The highest BCUT2D eigenvalue weighted by Crippen LogP contribution is 2.29. The molecule has 0 saturated carbocycles. The lowest BCUT2D eigenvalue weighted by Gasteiger charge is -2.29. The normalized spacial score (nSPS) is 18.0. The van der Waals surface area contributed by atoms with Crippen LogP contribution in [-0.4, -0.2) is 33.6 Å². The molecule has 0 amide bonds. The van der Waals surface area contributed by atoms with Gasteiger partial charge in [0.2, 0.25) is 0 Å². The molecule has 5 nitrogen and oxygen atoms in total. The van der Waals surface area contributed by atoms with Gasteiger partial charge in [0.25, 0.3) is 0 Å². The summed E-state index contributed by atoms with van der Waals surface area (Å²) in [5.74, 6) is 1.13. The van der Waals surface area contributed by atoms with Crippen molar-refractivity contribution in [2.75, 3.05) is 6.54 Å². The molecule has 1 saturated heterocycles. The first-order valence-corrected chi connectivity index (χ1v) is 9.96. The maximum atomic E-state index is 9.54. The number of phenols is 1. The minimum atomic E-state index is 0.149. The van der Waals surface area contributed by atoms with Crippen LogP contribution in [0.4, 0.5) is 0 Å². The minimum absolute atomic E-state index is 0.149. The van der Waals surface area contributed by atoms with Crippen LogP contribution in [0.3, 0.4) is 0 Å². The molecule has 2 N–H and O–H groups in total. The molecule has 4 rings (SSSR count). The zero-order valence-corrected chi connectivity index (χ0v) is 16.4. The number of aryl methyl sites for hydroxylation is 1. The molecule has 5 heteroatoms. The first kappa shape index (κ1) is 18.6. The summed E-state index contributed by atoms with van der Waals surface area (Å²) < 4.78 is 8.07. The Labute approximate surface area is 166 Å². The number of hydrogen-bond donors (Lipinski definition) is 2. The van der Waals surface area contributed by atoms with Crippen LogP contribution in [0.15, 0.2) is 54.7 Å². The summed E-state index contributed by atoms with van der Waals surface area (Å²) in [7, 11) is 0. The Morgan fingerprint density at radius 2 is 1.86 bits per heavy atom. The van der Waals surface area contributed by atoms with Gasteiger partial charge in [-0.25, -0.2) is 4.68 Å². The van der Waals surface area contributed by atoms with E-state index in [1.807, 2.05) is 35.1 Å². The second kappa shape index (κ2) is 8.07. The van der Waals surface area contributed by atoms with E-state index in [0.717, 1.165) is 34.8 Å². The third-order valence-electron chi connectivity index (χ3n) is 5.41. The highest BCUT2D eigenvalue weighted by atomic mass is 16.5. The average Bonchev–Trinajstić information content (AvgIpc) is 3.11. The monoisotopic (exact) mass is 377 g/mol. The van der Waals surface area contributed by atoms with E-state index in [0.29, 0.717) is 6.04 Å². The molecule has 1 aromatic heterocycles. The number of benzene rings is 2. The van der Waals surface area contributed by atoms with Gasteiger partial charge in [-0.15, -0.1) is 0 Å². The largest absolute Gasteiger partial charge is 0.508 e. The van der Waals surface area contributed by atoms with Gasteiger partial charge in [0.1, 0.15) is 17.6 Å². The van der Waals surface area contributed by atoms with Crippen LogP contribution in [0.25, 0.3) is 16.9 Å². The number of aromatic hydroxyl groups is 1. The molecule has 3 aromatic rings. The molecular weight excluding hydrogens is 350 g/mol. The first-order chi connectivity index (χ1) is 13.6. The highest BCUT2D eigenvalue weighted by molar-refractivity contribution is 5.66. The molecule has 0 spiro atoms. The van der Waals surface area contributed by atoms with E-state index in [1.54, 1.807) is 12.1 Å². The SMILES string of the molecule is Cc1cnn(-c2ccc(O)cc2)c1-c1ccc(OC(C)C2CCCCN2)cc1. The number of aromatic nitrogens is 2. The fourth-order valence-electron chi connectivity index (χ4n) is 3.84. The summed E-state index contributed by atoms with van der Waals surface area (Å²) in [6.07, 6.45) is 5.71. The molecule has 146 valence electrons. The number of piperidine rings is 1. The summed E-state index contributed by atoms with van der Waals surface area (Å²) in [6, 6.07) is 15.7. The molecule has 2 unspecified atom stereocenters. The second-order valence-corrected chi connectivity index (χ2v) is 7.51. The van der Waals surface area contributed by atoms with Crippen molar-refractivity contribution in [1.29, 1.82) is 0 Å². The highest BCUT2D eigenvalue weighted by Gasteiger charge is 2.21. The molecule has 28 heavy (non-hydrogen) atoms. The maximum absolute atomic E-state index is 9.54. The van der Waals surface area contributed by atoms with Crippen LogP contribution >= 0.6 is 0 Å². The molecule has 0 aliphatic carbocycles. The van der Waals surface area contributed by atoms with Crippen molar-refractivity contribution in [3.8, 4) is 28.4 Å². The first-order valence-electron chi connectivity index (χ1n) is 9.96. The van der Waals surface area contributed by atoms with Crippen molar-refractivity contribution in [2.45, 2.75) is 45.3 Å². The van der Waals surface area contributed by atoms with Gasteiger partial charge in [0.05, 0.1) is 17.6 Å². The van der Waals surface area contributed by atoms with Crippen LogP contribution in [0.1, 0.15) is 31.7 Å². The van der Waals surface area contributed by atoms with Crippen molar-refractivity contribution >= 4 is 0 Å². The molecule has 1 aliphatic heterocycles. The Morgan fingerprint density at radius 3 is 2.54 bits per heavy atom. The van der Waals surface area contributed by atoms with Crippen LogP contribution in [0.2, 0.25) is 0 Å². The van der Waals surface area contributed by atoms with Crippen LogP contribution in [0.5, 0.6) is 11.5 Å². The summed E-state index contributed by atoms with van der Waals surface area (Å²) >= 11 is 0. The van der Waals surface area contributed by atoms with Crippen molar-refractivity contribution in [2.24, 2.45) is 0 Å². The fourth-order valence-corrected chi connectivity index (χ4v) is 3.84. The minimum Gasteiger partial charge on any atom is -0.508 e. The predicted molar refractivity (Wildman–Crippen MR) is 111 cm³/mol. The summed E-state index contributed by atoms with van der Waals surface area (Å²) in [6.45, 7) is 5.28. The summed E-state index contributed by atoms with van der Waals surface area (Å²) in [4.78, 5) is 0. The van der Waals surface area contributed by atoms with E-state index in [1.165, 1.54) is 19.3 Å². The summed E-state index contributed by atoms with van der Waals surface area (Å²) in [5.41, 5.74) is 4.14. The van der Waals surface area contributed by atoms with E-state index < -0.39 is 0 Å². The number of ether oxygens (including phenoxy) is 1. The Kier molecular flexibility index (Phi) is 5.35. The van der Waals surface area contributed by atoms with Crippen molar-refractivity contribution in [1.82, 2.24) is 15.1 Å².